The van der Waals surface area contributed by atoms with E-state index in [1.165, 1.54) is 12.1 Å². The van der Waals surface area contributed by atoms with Gasteiger partial charge in [0.05, 0.1) is 4.90 Å². The zero-order valence-corrected chi connectivity index (χ0v) is 10.3. The normalized spacial score (nSPS) is 16.9. The van der Waals surface area contributed by atoms with Crippen LogP contribution in [-0.4, -0.2) is 25.2 Å². The van der Waals surface area contributed by atoms with Crippen LogP contribution in [-0.2, 0) is 14.8 Å². The van der Waals surface area contributed by atoms with Gasteiger partial charge in [0.2, 0.25) is 0 Å². The van der Waals surface area contributed by atoms with E-state index in [2.05, 4.69) is 0 Å². The van der Waals surface area contributed by atoms with E-state index < -0.39 is 15.9 Å². The van der Waals surface area contributed by atoms with Gasteiger partial charge < -0.3 is 0 Å². The molecule has 0 radical (unpaired) electrons. The van der Waals surface area contributed by atoms with Crippen molar-refractivity contribution in [2.45, 2.75) is 18.2 Å². The topological polar surface area (TPSA) is 54.5 Å². The number of sulfonamides is 1. The Morgan fingerprint density at radius 1 is 1.18 bits per heavy atom. The summed E-state index contributed by atoms with van der Waals surface area (Å²) in [6.45, 7) is 1.85. The molecule has 1 heterocycles. The first-order valence-electron chi connectivity index (χ1n) is 5.32. The summed E-state index contributed by atoms with van der Waals surface area (Å²) < 4.78 is 25.4. The average Bonchev–Trinajstić information content (AvgIpc) is 2.33. The minimum absolute atomic E-state index is 0.156. The summed E-state index contributed by atoms with van der Waals surface area (Å²) in [6, 6.07) is 8.02. The third-order valence-corrected chi connectivity index (χ3v) is 4.47. The Kier molecular flexibility index (Phi) is 3.02. The Morgan fingerprint density at radius 3 is 2.47 bits per heavy atom. The van der Waals surface area contributed by atoms with Crippen molar-refractivity contribution in [2.75, 3.05) is 6.54 Å². The van der Waals surface area contributed by atoms with Crippen molar-refractivity contribution < 1.29 is 13.2 Å². The van der Waals surface area contributed by atoms with Crippen LogP contribution in [0.4, 0.5) is 0 Å². The maximum atomic E-state index is 12.2. The number of rotatable bonds is 2. The molecule has 1 aliphatic rings. The molecule has 1 aliphatic heterocycles. The maximum Gasteiger partial charge on any atom is 0.266 e. The first kappa shape index (κ1) is 11.9. The van der Waals surface area contributed by atoms with Crippen LogP contribution < -0.4 is 0 Å². The predicted molar refractivity (Wildman–Crippen MR) is 63.7 cm³/mol. The van der Waals surface area contributed by atoms with Crippen molar-refractivity contribution >= 4 is 15.9 Å². The molecule has 0 bridgehead atoms. The molecule has 0 fully saturated rings. The molecule has 0 aliphatic carbocycles. The van der Waals surface area contributed by atoms with E-state index in [9.17, 15) is 13.2 Å². The summed E-state index contributed by atoms with van der Waals surface area (Å²) in [5, 5.41) is 0. The van der Waals surface area contributed by atoms with Gasteiger partial charge in [-0.25, -0.2) is 12.7 Å². The highest BCUT2D eigenvalue weighted by atomic mass is 32.2. The zero-order chi connectivity index (χ0) is 12.5. The van der Waals surface area contributed by atoms with Crippen LogP contribution in [0.1, 0.15) is 13.3 Å². The molecular formula is C12H13NO3S. The van der Waals surface area contributed by atoms with Gasteiger partial charge >= 0.3 is 0 Å². The van der Waals surface area contributed by atoms with Crippen molar-refractivity contribution in [3.05, 3.63) is 42.0 Å². The van der Waals surface area contributed by atoms with E-state index >= 15 is 0 Å². The van der Waals surface area contributed by atoms with Gasteiger partial charge in [-0.05, 0) is 25.5 Å². The molecule has 0 unspecified atom stereocenters. The van der Waals surface area contributed by atoms with Crippen LogP contribution in [0.3, 0.4) is 0 Å². The predicted octanol–water partition coefficient (Wildman–Crippen LogP) is 1.55. The van der Waals surface area contributed by atoms with Gasteiger partial charge in [0.15, 0.2) is 0 Å². The second-order valence-electron chi connectivity index (χ2n) is 3.87. The molecule has 1 amide bonds. The summed E-state index contributed by atoms with van der Waals surface area (Å²) in [7, 11) is -3.70. The highest BCUT2D eigenvalue weighted by molar-refractivity contribution is 7.89. The van der Waals surface area contributed by atoms with Crippen molar-refractivity contribution in [3.8, 4) is 0 Å². The molecule has 0 aromatic heterocycles. The standard InChI is InChI=1S/C12H13NO3S/c1-10-6-5-9-13(12(10)14)17(15,16)11-7-3-2-4-8-11/h2-4,6-8H,5,9H2,1H3. The first-order chi connectivity index (χ1) is 8.03. The van der Waals surface area contributed by atoms with Crippen LogP contribution in [0.15, 0.2) is 46.9 Å². The molecule has 1 aromatic rings. The molecule has 0 spiro atoms. The van der Waals surface area contributed by atoms with Crippen LogP contribution in [0.25, 0.3) is 0 Å². The third kappa shape index (κ3) is 2.10. The molecule has 5 heteroatoms. The maximum absolute atomic E-state index is 12.2. The minimum atomic E-state index is -3.70. The average molecular weight is 251 g/mol. The molecule has 0 saturated carbocycles. The monoisotopic (exact) mass is 251 g/mol. The van der Waals surface area contributed by atoms with Crippen LogP contribution >= 0.6 is 0 Å². The van der Waals surface area contributed by atoms with E-state index in [4.69, 9.17) is 0 Å². The van der Waals surface area contributed by atoms with E-state index in [0.717, 1.165) is 4.31 Å². The van der Waals surface area contributed by atoms with Crippen LogP contribution in [0.5, 0.6) is 0 Å². The Bertz CT molecular complexity index is 561. The minimum Gasteiger partial charge on any atom is -0.268 e. The van der Waals surface area contributed by atoms with Gasteiger partial charge in [-0.3, -0.25) is 4.79 Å². The highest BCUT2D eigenvalue weighted by Crippen LogP contribution is 2.20. The summed E-state index contributed by atoms with van der Waals surface area (Å²) in [6.07, 6.45) is 2.34. The van der Waals surface area contributed by atoms with Crippen LogP contribution in [0.2, 0.25) is 0 Å². The lowest BCUT2D eigenvalue weighted by Gasteiger charge is -2.25. The highest BCUT2D eigenvalue weighted by Gasteiger charge is 2.31. The van der Waals surface area contributed by atoms with Gasteiger partial charge in [-0.15, -0.1) is 0 Å². The first-order valence-corrected chi connectivity index (χ1v) is 6.76. The lowest BCUT2D eigenvalue weighted by Crippen LogP contribution is -2.40. The molecule has 4 nitrogen and oxygen atoms in total. The lowest BCUT2D eigenvalue weighted by atomic mass is 10.2. The fourth-order valence-corrected chi connectivity index (χ4v) is 3.20. The molecule has 0 atom stereocenters. The van der Waals surface area contributed by atoms with Gasteiger partial charge in [0.25, 0.3) is 15.9 Å². The van der Waals surface area contributed by atoms with Gasteiger partial charge in [-0.1, -0.05) is 24.3 Å². The summed E-state index contributed by atoms with van der Waals surface area (Å²) in [4.78, 5) is 12.0. The van der Waals surface area contributed by atoms with Gasteiger partial charge in [-0.2, -0.15) is 0 Å². The number of nitrogens with zero attached hydrogens (tertiary/aromatic N) is 1. The molecule has 2 rings (SSSR count). The summed E-state index contributed by atoms with van der Waals surface area (Å²) in [5.41, 5.74) is 0.482. The zero-order valence-electron chi connectivity index (χ0n) is 9.46. The smallest absolute Gasteiger partial charge is 0.266 e. The molecule has 1 aromatic carbocycles. The number of carbonyl (C=O) groups is 1. The number of carbonyl (C=O) groups excluding carboxylic acids is 1. The van der Waals surface area contributed by atoms with Gasteiger partial charge in [0.1, 0.15) is 0 Å². The van der Waals surface area contributed by atoms with E-state index in [-0.39, 0.29) is 11.4 Å². The number of hydrogen-bond acceptors (Lipinski definition) is 3. The number of amides is 1. The fraction of sp³-hybridized carbons (Fsp3) is 0.250. The SMILES string of the molecule is CC1=CCCN(S(=O)(=O)c2ccccc2)C1=O. The van der Waals surface area contributed by atoms with Crippen LogP contribution in [0, 0.1) is 0 Å². The molecular weight excluding hydrogens is 238 g/mol. The Labute approximate surface area is 101 Å². The largest absolute Gasteiger partial charge is 0.268 e. The van der Waals surface area contributed by atoms with Crippen molar-refractivity contribution in [1.29, 1.82) is 0 Å². The molecule has 0 N–H and O–H groups in total. The third-order valence-electron chi connectivity index (χ3n) is 2.68. The molecule has 90 valence electrons. The van der Waals surface area contributed by atoms with Crippen molar-refractivity contribution in [2.24, 2.45) is 0 Å². The Balaban J connectivity index is 2.41. The molecule has 0 saturated heterocycles. The second kappa shape index (κ2) is 4.33. The van der Waals surface area contributed by atoms with Gasteiger partial charge in [0, 0.05) is 12.1 Å². The number of benzene rings is 1. The lowest BCUT2D eigenvalue weighted by molar-refractivity contribution is -0.123. The van der Waals surface area contributed by atoms with E-state index in [0.29, 0.717) is 12.0 Å². The van der Waals surface area contributed by atoms with Crippen molar-refractivity contribution in [1.82, 2.24) is 4.31 Å². The second-order valence-corrected chi connectivity index (χ2v) is 5.73. The van der Waals surface area contributed by atoms with Crippen molar-refractivity contribution in [3.63, 3.8) is 0 Å². The summed E-state index contributed by atoms with van der Waals surface area (Å²) >= 11 is 0. The number of hydrogen-bond donors (Lipinski definition) is 0. The summed E-state index contributed by atoms with van der Waals surface area (Å²) in [5.74, 6) is -0.430. The molecule has 17 heavy (non-hydrogen) atoms. The Morgan fingerprint density at radius 2 is 1.82 bits per heavy atom. The van der Waals surface area contributed by atoms with E-state index in [1.54, 1.807) is 31.2 Å². The van der Waals surface area contributed by atoms with E-state index in [1.807, 2.05) is 0 Å². The quantitative estimate of drug-likeness (QED) is 0.801. The fourth-order valence-electron chi connectivity index (χ4n) is 1.73. The Hall–Kier alpha value is -1.62.